The zero-order valence-electron chi connectivity index (χ0n) is 22.4. The van der Waals surface area contributed by atoms with Crippen LogP contribution in [-0.2, 0) is 11.2 Å². The third-order valence-corrected chi connectivity index (χ3v) is 7.68. The quantitative estimate of drug-likeness (QED) is 0.406. The lowest BCUT2D eigenvalue weighted by atomic mass is 9.69. The molecule has 6 heteroatoms. The van der Waals surface area contributed by atoms with Gasteiger partial charge >= 0.3 is 0 Å². The summed E-state index contributed by atoms with van der Waals surface area (Å²) in [5, 5.41) is 14.1. The molecule has 2 N–H and O–H groups in total. The van der Waals surface area contributed by atoms with Crippen LogP contribution in [0.4, 0.5) is 0 Å². The summed E-state index contributed by atoms with van der Waals surface area (Å²) in [6.07, 6.45) is 14.5. The molecule has 36 heavy (non-hydrogen) atoms. The Morgan fingerprint density at radius 3 is 2.75 bits per heavy atom. The number of amides is 1. The number of aromatic nitrogens is 2. The SMILES string of the molecule is C=CC[C@H](NC(=O)CC)[C@H](O)CC[C@H]1CC2(CCC2)Oc2c1cc(CC(C)(C)C)cc2-n1ccnc1. The van der Waals surface area contributed by atoms with Gasteiger partial charge in [-0.15, -0.1) is 6.58 Å². The van der Waals surface area contributed by atoms with Gasteiger partial charge in [-0.25, -0.2) is 4.98 Å². The van der Waals surface area contributed by atoms with E-state index >= 15 is 0 Å². The van der Waals surface area contributed by atoms with Crippen LogP contribution < -0.4 is 10.1 Å². The Bertz CT molecular complexity index is 1050. The van der Waals surface area contributed by atoms with Gasteiger partial charge in [-0.2, -0.15) is 0 Å². The molecule has 0 unspecified atom stereocenters. The number of hydrogen-bond acceptors (Lipinski definition) is 4. The Balaban J connectivity index is 1.65. The Morgan fingerprint density at radius 1 is 1.39 bits per heavy atom. The van der Waals surface area contributed by atoms with Gasteiger partial charge in [0.05, 0.1) is 24.2 Å². The third-order valence-electron chi connectivity index (χ3n) is 7.68. The average molecular weight is 494 g/mol. The molecule has 2 aliphatic rings. The molecule has 1 aromatic heterocycles. The molecule has 196 valence electrons. The molecule has 3 atom stereocenters. The summed E-state index contributed by atoms with van der Waals surface area (Å²) in [7, 11) is 0. The van der Waals surface area contributed by atoms with Crippen molar-refractivity contribution in [1.82, 2.24) is 14.9 Å². The Hall–Kier alpha value is -2.60. The minimum Gasteiger partial charge on any atom is -0.485 e. The number of benzene rings is 1. The van der Waals surface area contributed by atoms with Gasteiger partial charge in [0.1, 0.15) is 11.4 Å². The van der Waals surface area contributed by atoms with Gasteiger partial charge < -0.3 is 19.7 Å². The average Bonchev–Trinajstić information content (AvgIpc) is 3.34. The molecule has 4 rings (SSSR count). The number of rotatable bonds is 10. The van der Waals surface area contributed by atoms with Gasteiger partial charge in [-0.05, 0) is 79.9 Å². The lowest BCUT2D eigenvalue weighted by Crippen LogP contribution is -2.47. The van der Waals surface area contributed by atoms with Crippen molar-refractivity contribution >= 4 is 5.91 Å². The van der Waals surface area contributed by atoms with Gasteiger partial charge in [0.25, 0.3) is 0 Å². The van der Waals surface area contributed by atoms with Crippen molar-refractivity contribution in [3.8, 4) is 11.4 Å². The zero-order chi connectivity index (χ0) is 25.9. The predicted molar refractivity (Wildman–Crippen MR) is 144 cm³/mol. The van der Waals surface area contributed by atoms with E-state index in [2.05, 4.69) is 54.4 Å². The molecule has 1 aromatic carbocycles. The van der Waals surface area contributed by atoms with E-state index in [9.17, 15) is 9.90 Å². The van der Waals surface area contributed by atoms with E-state index in [1.165, 1.54) is 17.5 Å². The minimum absolute atomic E-state index is 0.0393. The number of nitrogens with one attached hydrogen (secondary N) is 1. The number of carbonyl (C=O) groups is 1. The predicted octanol–water partition coefficient (Wildman–Crippen LogP) is 5.86. The van der Waals surface area contributed by atoms with Gasteiger partial charge in [-0.1, -0.05) is 39.8 Å². The number of carbonyl (C=O) groups excluding carboxylic acids is 1. The summed E-state index contributed by atoms with van der Waals surface area (Å²) in [5.74, 6) is 1.22. The summed E-state index contributed by atoms with van der Waals surface area (Å²) >= 11 is 0. The van der Waals surface area contributed by atoms with Crippen LogP contribution in [0.5, 0.6) is 5.75 Å². The van der Waals surface area contributed by atoms with Crippen molar-refractivity contribution < 1.29 is 14.6 Å². The number of fused-ring (bicyclic) bond motifs is 1. The zero-order valence-corrected chi connectivity index (χ0v) is 22.4. The number of hydrogen-bond donors (Lipinski definition) is 2. The van der Waals surface area contributed by atoms with Crippen LogP contribution in [0.3, 0.4) is 0 Å². The second kappa shape index (κ2) is 10.8. The van der Waals surface area contributed by atoms with Crippen LogP contribution in [-0.4, -0.2) is 38.3 Å². The second-order valence-corrected chi connectivity index (χ2v) is 12.0. The Labute approximate surface area is 216 Å². The normalized spacial score (nSPS) is 20.1. The third kappa shape index (κ3) is 6.03. The van der Waals surface area contributed by atoms with Crippen molar-refractivity contribution in [3.05, 3.63) is 54.6 Å². The first-order valence-electron chi connectivity index (χ1n) is 13.6. The molecule has 2 aromatic rings. The van der Waals surface area contributed by atoms with Crippen LogP contribution in [0.1, 0.15) is 96.1 Å². The van der Waals surface area contributed by atoms with Crippen molar-refractivity contribution in [3.63, 3.8) is 0 Å². The first-order valence-corrected chi connectivity index (χ1v) is 13.6. The molecule has 1 fully saturated rings. The minimum atomic E-state index is -0.618. The number of aliphatic hydroxyl groups excluding tert-OH is 1. The topological polar surface area (TPSA) is 76.4 Å². The maximum atomic E-state index is 12.0. The van der Waals surface area contributed by atoms with Gasteiger partial charge in [-0.3, -0.25) is 4.79 Å². The monoisotopic (exact) mass is 493 g/mol. The van der Waals surface area contributed by atoms with Crippen LogP contribution >= 0.6 is 0 Å². The summed E-state index contributed by atoms with van der Waals surface area (Å²) in [5.41, 5.74) is 3.64. The number of imidazole rings is 1. The molecule has 6 nitrogen and oxygen atoms in total. The fourth-order valence-electron chi connectivity index (χ4n) is 5.74. The molecule has 0 saturated heterocycles. The molecule has 1 saturated carbocycles. The van der Waals surface area contributed by atoms with Crippen molar-refractivity contribution in [2.75, 3.05) is 0 Å². The molecular weight excluding hydrogens is 450 g/mol. The maximum absolute atomic E-state index is 12.0. The number of aliphatic hydroxyl groups is 1. The molecule has 2 heterocycles. The highest BCUT2D eigenvalue weighted by molar-refractivity contribution is 5.75. The number of nitrogens with zero attached hydrogens (tertiary/aromatic N) is 2. The standard InChI is InChI=1S/C30H43N3O3/c1-6-9-24(32-27(35)7-2)26(34)11-10-22-19-30(12-8-13-30)36-28-23(22)16-21(18-29(3,4)5)17-25(28)33-15-14-31-20-33/h6,14-17,20,22,24,26,34H,1,7-13,18-19H2,2-5H3,(H,32,35)/t22-,24-,26+/m0/s1. The van der Waals surface area contributed by atoms with E-state index in [-0.39, 0.29) is 28.9 Å². The molecule has 0 radical (unpaired) electrons. The Kier molecular flexibility index (Phi) is 7.93. The lowest BCUT2D eigenvalue weighted by Gasteiger charge is -2.49. The molecular formula is C30H43N3O3. The van der Waals surface area contributed by atoms with E-state index < -0.39 is 6.10 Å². The highest BCUT2D eigenvalue weighted by Gasteiger charge is 2.46. The van der Waals surface area contributed by atoms with Gasteiger partial charge in [0.15, 0.2) is 0 Å². The molecule has 1 aliphatic carbocycles. The van der Waals surface area contributed by atoms with E-state index in [0.717, 1.165) is 43.5 Å². The van der Waals surface area contributed by atoms with Gasteiger partial charge in [0, 0.05) is 18.8 Å². The smallest absolute Gasteiger partial charge is 0.220 e. The van der Waals surface area contributed by atoms with E-state index in [0.29, 0.717) is 19.3 Å². The maximum Gasteiger partial charge on any atom is 0.220 e. The van der Waals surface area contributed by atoms with Crippen LogP contribution in [0.2, 0.25) is 0 Å². The molecule has 1 aliphatic heterocycles. The van der Waals surface area contributed by atoms with Crippen LogP contribution in [0.25, 0.3) is 5.69 Å². The molecule has 1 spiro atoms. The van der Waals surface area contributed by atoms with Crippen molar-refractivity contribution in [2.24, 2.45) is 5.41 Å². The first kappa shape index (κ1) is 26.5. The van der Waals surface area contributed by atoms with E-state index in [4.69, 9.17) is 4.74 Å². The van der Waals surface area contributed by atoms with E-state index in [1.54, 1.807) is 6.08 Å². The highest BCUT2D eigenvalue weighted by atomic mass is 16.5. The second-order valence-electron chi connectivity index (χ2n) is 12.0. The van der Waals surface area contributed by atoms with Crippen LogP contribution in [0.15, 0.2) is 43.5 Å². The largest absolute Gasteiger partial charge is 0.485 e. The highest BCUT2D eigenvalue weighted by Crippen LogP contribution is 2.53. The molecule has 0 bridgehead atoms. The fourth-order valence-corrected chi connectivity index (χ4v) is 5.74. The summed E-state index contributed by atoms with van der Waals surface area (Å²) in [6, 6.07) is 4.29. The van der Waals surface area contributed by atoms with E-state index in [1.807, 2.05) is 25.6 Å². The Morgan fingerprint density at radius 2 is 2.17 bits per heavy atom. The summed E-state index contributed by atoms with van der Waals surface area (Å²) in [6.45, 7) is 12.4. The number of ether oxygens (including phenoxy) is 1. The van der Waals surface area contributed by atoms with Crippen molar-refractivity contribution in [1.29, 1.82) is 0 Å². The van der Waals surface area contributed by atoms with Crippen molar-refractivity contribution in [2.45, 2.75) is 109 Å². The van der Waals surface area contributed by atoms with Gasteiger partial charge in [0.2, 0.25) is 5.91 Å². The molecule has 1 amide bonds. The lowest BCUT2D eigenvalue weighted by molar-refractivity contribution is -0.122. The summed E-state index contributed by atoms with van der Waals surface area (Å²) < 4.78 is 8.87. The van der Waals surface area contributed by atoms with Crippen LogP contribution in [0, 0.1) is 5.41 Å². The summed E-state index contributed by atoms with van der Waals surface area (Å²) in [4.78, 5) is 16.3. The first-order chi connectivity index (χ1) is 17.1. The fraction of sp³-hybridized carbons (Fsp3) is 0.600.